The Labute approximate surface area is 113 Å². The van der Waals surface area contributed by atoms with Gasteiger partial charge in [0.05, 0.1) is 5.56 Å². The zero-order valence-electron chi connectivity index (χ0n) is 10.0. The summed E-state index contributed by atoms with van der Waals surface area (Å²) in [4.78, 5) is 0. The van der Waals surface area contributed by atoms with Crippen molar-refractivity contribution in [1.82, 2.24) is 0 Å². The molecular weight excluding hydrogens is 307 g/mol. The minimum Gasteiger partial charge on any atom is -0.384 e. The third-order valence-electron chi connectivity index (χ3n) is 3.33. The molecule has 1 atom stereocenters. The summed E-state index contributed by atoms with van der Waals surface area (Å²) in [7, 11) is 0. The minimum atomic E-state index is -4.31. The Morgan fingerprint density at radius 3 is 2.61 bits per heavy atom. The van der Waals surface area contributed by atoms with Crippen molar-refractivity contribution in [2.45, 2.75) is 25.9 Å². The Morgan fingerprint density at radius 2 is 2.06 bits per heavy atom. The van der Waals surface area contributed by atoms with E-state index in [4.69, 9.17) is 0 Å². The van der Waals surface area contributed by atoms with Gasteiger partial charge in [0.1, 0.15) is 0 Å². The van der Waals surface area contributed by atoms with Crippen LogP contribution >= 0.6 is 15.9 Å². The molecule has 1 saturated carbocycles. The molecular formula is C13H15BrF3N. The van der Waals surface area contributed by atoms with Crippen LogP contribution < -0.4 is 5.32 Å². The Bertz CT molecular complexity index is 427. The molecule has 1 aliphatic rings. The zero-order chi connectivity index (χ0) is 13.3. The van der Waals surface area contributed by atoms with Crippen LogP contribution in [0.25, 0.3) is 0 Å². The van der Waals surface area contributed by atoms with Crippen LogP contribution in [0.3, 0.4) is 0 Å². The maximum absolute atomic E-state index is 12.8. The lowest BCUT2D eigenvalue weighted by Gasteiger charge is -2.17. The molecule has 0 amide bonds. The smallest absolute Gasteiger partial charge is 0.384 e. The monoisotopic (exact) mass is 321 g/mol. The fourth-order valence-electron chi connectivity index (χ4n) is 2.01. The van der Waals surface area contributed by atoms with Gasteiger partial charge in [-0.3, -0.25) is 0 Å². The molecule has 0 bridgehead atoms. The number of alkyl halides is 3. The molecule has 1 unspecified atom stereocenters. The summed E-state index contributed by atoms with van der Waals surface area (Å²) in [6.45, 7) is 2.67. The first-order chi connectivity index (χ1) is 8.38. The highest BCUT2D eigenvalue weighted by molar-refractivity contribution is 9.10. The molecule has 0 spiro atoms. The van der Waals surface area contributed by atoms with E-state index in [9.17, 15) is 13.2 Å². The summed E-state index contributed by atoms with van der Waals surface area (Å²) in [5.41, 5.74) is -0.446. The predicted molar refractivity (Wildman–Crippen MR) is 69.5 cm³/mol. The van der Waals surface area contributed by atoms with Crippen molar-refractivity contribution in [2.75, 3.05) is 11.9 Å². The SMILES string of the molecule is CC(CNc1cc(Br)ccc1C(F)(F)F)C1CC1. The third-order valence-corrected chi connectivity index (χ3v) is 3.82. The molecule has 0 radical (unpaired) electrons. The molecule has 0 heterocycles. The van der Waals surface area contributed by atoms with Crippen molar-refractivity contribution in [1.29, 1.82) is 0 Å². The number of hydrogen-bond acceptors (Lipinski definition) is 1. The van der Waals surface area contributed by atoms with Gasteiger partial charge in [0.2, 0.25) is 0 Å². The van der Waals surface area contributed by atoms with Crippen molar-refractivity contribution in [3.05, 3.63) is 28.2 Å². The van der Waals surface area contributed by atoms with Crippen molar-refractivity contribution in [2.24, 2.45) is 11.8 Å². The van der Waals surface area contributed by atoms with E-state index in [0.717, 1.165) is 6.07 Å². The van der Waals surface area contributed by atoms with E-state index in [1.54, 1.807) is 0 Å². The van der Waals surface area contributed by atoms with Gasteiger partial charge in [-0.1, -0.05) is 22.9 Å². The molecule has 1 aromatic rings. The Hall–Kier alpha value is -0.710. The first-order valence-corrected chi connectivity index (χ1v) is 6.78. The summed E-state index contributed by atoms with van der Waals surface area (Å²) in [6, 6.07) is 4.01. The van der Waals surface area contributed by atoms with Gasteiger partial charge in [0.25, 0.3) is 0 Å². The van der Waals surface area contributed by atoms with Crippen LogP contribution in [0.1, 0.15) is 25.3 Å². The fraction of sp³-hybridized carbons (Fsp3) is 0.538. The Kier molecular flexibility index (Phi) is 3.90. The van der Waals surface area contributed by atoms with Gasteiger partial charge < -0.3 is 5.32 Å². The van der Waals surface area contributed by atoms with E-state index in [0.29, 0.717) is 22.9 Å². The van der Waals surface area contributed by atoms with Crippen molar-refractivity contribution < 1.29 is 13.2 Å². The third kappa shape index (κ3) is 3.40. The molecule has 0 saturated heterocycles. The molecule has 1 N–H and O–H groups in total. The largest absolute Gasteiger partial charge is 0.418 e. The summed E-state index contributed by atoms with van der Waals surface area (Å²) in [5.74, 6) is 1.10. The molecule has 1 aromatic carbocycles. The van der Waals surface area contributed by atoms with Crippen LogP contribution in [-0.2, 0) is 6.18 Å². The van der Waals surface area contributed by atoms with E-state index in [1.165, 1.54) is 25.0 Å². The second-order valence-electron chi connectivity index (χ2n) is 4.88. The van der Waals surface area contributed by atoms with E-state index in [1.807, 2.05) is 0 Å². The normalized spacial score (nSPS) is 17.6. The number of rotatable bonds is 4. The molecule has 100 valence electrons. The maximum atomic E-state index is 12.8. The van der Waals surface area contributed by atoms with E-state index in [-0.39, 0.29) is 5.69 Å². The highest BCUT2D eigenvalue weighted by Crippen LogP contribution is 2.38. The second kappa shape index (κ2) is 5.11. The average Bonchev–Trinajstić information content (AvgIpc) is 3.07. The fourth-order valence-corrected chi connectivity index (χ4v) is 2.37. The molecule has 2 rings (SSSR count). The lowest BCUT2D eigenvalue weighted by molar-refractivity contribution is -0.137. The van der Waals surface area contributed by atoms with Crippen LogP contribution in [0, 0.1) is 11.8 Å². The Balaban J connectivity index is 2.11. The van der Waals surface area contributed by atoms with Crippen LogP contribution in [0.5, 0.6) is 0 Å². The minimum absolute atomic E-state index is 0.157. The lowest BCUT2D eigenvalue weighted by Crippen LogP contribution is -2.16. The van der Waals surface area contributed by atoms with Crippen molar-refractivity contribution >= 4 is 21.6 Å². The zero-order valence-corrected chi connectivity index (χ0v) is 11.6. The van der Waals surface area contributed by atoms with E-state index >= 15 is 0 Å². The van der Waals surface area contributed by atoms with Crippen LogP contribution in [0.2, 0.25) is 0 Å². The molecule has 18 heavy (non-hydrogen) atoms. The van der Waals surface area contributed by atoms with Gasteiger partial charge in [0, 0.05) is 16.7 Å². The lowest BCUT2D eigenvalue weighted by atomic mass is 10.1. The van der Waals surface area contributed by atoms with Crippen LogP contribution in [0.15, 0.2) is 22.7 Å². The maximum Gasteiger partial charge on any atom is 0.418 e. The van der Waals surface area contributed by atoms with Crippen LogP contribution in [-0.4, -0.2) is 6.54 Å². The highest BCUT2D eigenvalue weighted by atomic mass is 79.9. The van der Waals surface area contributed by atoms with Gasteiger partial charge in [-0.2, -0.15) is 13.2 Å². The number of halogens is 4. The summed E-state index contributed by atoms with van der Waals surface area (Å²) < 4.78 is 39.1. The molecule has 0 aliphatic heterocycles. The molecule has 5 heteroatoms. The van der Waals surface area contributed by atoms with Gasteiger partial charge in [0.15, 0.2) is 0 Å². The van der Waals surface area contributed by atoms with Crippen molar-refractivity contribution in [3.8, 4) is 0 Å². The Morgan fingerprint density at radius 1 is 1.39 bits per heavy atom. The predicted octanol–water partition coefficient (Wildman–Crippen LogP) is 4.93. The number of hydrogen-bond donors (Lipinski definition) is 1. The topological polar surface area (TPSA) is 12.0 Å². The quantitative estimate of drug-likeness (QED) is 0.829. The number of nitrogens with one attached hydrogen (secondary N) is 1. The van der Waals surface area contributed by atoms with Gasteiger partial charge in [-0.25, -0.2) is 0 Å². The van der Waals surface area contributed by atoms with Gasteiger partial charge in [-0.05, 0) is 42.9 Å². The first kappa shape index (κ1) is 13.7. The average molecular weight is 322 g/mol. The summed E-state index contributed by atoms with van der Waals surface area (Å²) in [6.07, 6.45) is -1.91. The summed E-state index contributed by atoms with van der Waals surface area (Å²) in [5, 5.41) is 2.93. The second-order valence-corrected chi connectivity index (χ2v) is 5.80. The molecule has 0 aromatic heterocycles. The van der Waals surface area contributed by atoms with Gasteiger partial charge >= 0.3 is 6.18 Å². The summed E-state index contributed by atoms with van der Waals surface area (Å²) >= 11 is 3.20. The van der Waals surface area contributed by atoms with Crippen molar-refractivity contribution in [3.63, 3.8) is 0 Å². The highest BCUT2D eigenvalue weighted by Gasteiger charge is 2.34. The van der Waals surface area contributed by atoms with Crippen LogP contribution in [0.4, 0.5) is 18.9 Å². The molecule has 1 nitrogen and oxygen atoms in total. The van der Waals surface area contributed by atoms with Gasteiger partial charge in [-0.15, -0.1) is 0 Å². The first-order valence-electron chi connectivity index (χ1n) is 5.98. The molecule has 1 fully saturated rings. The van der Waals surface area contributed by atoms with E-state index < -0.39 is 11.7 Å². The molecule has 1 aliphatic carbocycles. The van der Waals surface area contributed by atoms with E-state index in [2.05, 4.69) is 28.2 Å². The number of anilines is 1. The number of benzene rings is 1. The standard InChI is InChI=1S/C13H15BrF3N/c1-8(9-2-3-9)7-18-12-6-10(14)4-5-11(12)13(15,16)17/h4-6,8-9,18H,2-3,7H2,1H3.